The van der Waals surface area contributed by atoms with Crippen LogP contribution in [0.3, 0.4) is 0 Å². The van der Waals surface area contributed by atoms with E-state index < -0.39 is 11.9 Å². The van der Waals surface area contributed by atoms with Gasteiger partial charge in [-0.3, -0.25) is 14.4 Å². The van der Waals surface area contributed by atoms with Crippen LogP contribution in [0.25, 0.3) is 5.69 Å². The van der Waals surface area contributed by atoms with Gasteiger partial charge in [-0.25, -0.2) is 4.68 Å². The van der Waals surface area contributed by atoms with Gasteiger partial charge in [0.2, 0.25) is 0 Å². The van der Waals surface area contributed by atoms with Crippen molar-refractivity contribution in [2.45, 2.75) is 6.92 Å². The Bertz CT molecular complexity index is 1110. The van der Waals surface area contributed by atoms with Crippen LogP contribution in [0.5, 0.6) is 0 Å². The minimum atomic E-state index is -0.556. The second-order valence-corrected chi connectivity index (χ2v) is 6.77. The number of esters is 1. The molecule has 1 aromatic heterocycles. The van der Waals surface area contributed by atoms with Crippen LogP contribution in [0.2, 0.25) is 5.02 Å². The Morgan fingerprint density at radius 3 is 2.60 bits per heavy atom. The number of aromatic nitrogens is 2. The first-order valence-electron chi connectivity index (χ1n) is 8.96. The van der Waals surface area contributed by atoms with Crippen molar-refractivity contribution in [3.63, 3.8) is 0 Å². The van der Waals surface area contributed by atoms with E-state index in [1.807, 2.05) is 6.07 Å². The highest BCUT2D eigenvalue weighted by atomic mass is 35.5. The Labute approximate surface area is 177 Å². The Kier molecular flexibility index (Phi) is 6.48. The van der Waals surface area contributed by atoms with Gasteiger partial charge in [0.15, 0.2) is 0 Å². The summed E-state index contributed by atoms with van der Waals surface area (Å²) in [6, 6.07) is 13.5. The summed E-state index contributed by atoms with van der Waals surface area (Å²) < 4.78 is 6.11. The first-order valence-corrected chi connectivity index (χ1v) is 9.34. The third-order valence-electron chi connectivity index (χ3n) is 4.31. The average Bonchev–Trinajstić information content (AvgIpc) is 3.13. The summed E-state index contributed by atoms with van der Waals surface area (Å²) in [6.45, 7) is 1.54. The molecule has 2 aromatic carbocycles. The minimum Gasteiger partial charge on any atom is -0.468 e. The van der Waals surface area contributed by atoms with E-state index in [1.165, 1.54) is 19.4 Å². The second kappa shape index (κ2) is 9.23. The number of methoxy groups -OCH3 is 1. The number of rotatable bonds is 6. The lowest BCUT2D eigenvalue weighted by Crippen LogP contribution is -2.30. The van der Waals surface area contributed by atoms with Crippen molar-refractivity contribution in [1.82, 2.24) is 15.1 Å². The molecule has 0 aliphatic rings. The Morgan fingerprint density at radius 1 is 1.10 bits per heavy atom. The van der Waals surface area contributed by atoms with Crippen molar-refractivity contribution in [1.29, 1.82) is 0 Å². The van der Waals surface area contributed by atoms with Crippen molar-refractivity contribution in [2.75, 3.05) is 19.0 Å². The molecule has 0 aliphatic heterocycles. The molecule has 2 N–H and O–H groups in total. The molecule has 0 spiro atoms. The molecule has 30 heavy (non-hydrogen) atoms. The normalized spacial score (nSPS) is 10.4. The van der Waals surface area contributed by atoms with Crippen LogP contribution >= 0.6 is 11.6 Å². The molecule has 0 fully saturated rings. The van der Waals surface area contributed by atoms with Gasteiger partial charge in [0.1, 0.15) is 6.54 Å². The lowest BCUT2D eigenvalue weighted by atomic mass is 10.1. The van der Waals surface area contributed by atoms with Gasteiger partial charge in [0, 0.05) is 16.3 Å². The average molecular weight is 427 g/mol. The van der Waals surface area contributed by atoms with Crippen LogP contribution in [0.15, 0.2) is 54.7 Å². The molecule has 2 amide bonds. The summed E-state index contributed by atoms with van der Waals surface area (Å²) in [6.07, 6.45) is 1.47. The zero-order valence-electron chi connectivity index (χ0n) is 16.3. The molecule has 3 aromatic rings. The lowest BCUT2D eigenvalue weighted by Gasteiger charge is -2.09. The number of amides is 2. The lowest BCUT2D eigenvalue weighted by molar-refractivity contribution is -0.139. The van der Waals surface area contributed by atoms with Crippen LogP contribution in [0.4, 0.5) is 5.69 Å². The number of benzene rings is 2. The summed E-state index contributed by atoms with van der Waals surface area (Å²) in [5.74, 6) is -1.38. The largest absolute Gasteiger partial charge is 0.468 e. The topological polar surface area (TPSA) is 102 Å². The summed E-state index contributed by atoms with van der Waals surface area (Å²) >= 11 is 6.03. The first-order chi connectivity index (χ1) is 14.4. The van der Waals surface area contributed by atoms with Gasteiger partial charge in [-0.2, -0.15) is 5.10 Å². The number of hydrogen-bond donors (Lipinski definition) is 2. The van der Waals surface area contributed by atoms with Crippen molar-refractivity contribution in [2.24, 2.45) is 0 Å². The van der Waals surface area contributed by atoms with Crippen LogP contribution < -0.4 is 10.6 Å². The Hall–Kier alpha value is -3.65. The molecule has 1 heterocycles. The standard InChI is InChI=1S/C21H19ClN4O4/c1-13-18(11-24-26(13)17-8-4-6-15(22)10-17)21(29)25-16-7-3-5-14(9-16)20(28)23-12-19(27)30-2/h3-11H,12H2,1-2H3,(H,23,28)(H,25,29). The maximum absolute atomic E-state index is 12.7. The van der Waals surface area contributed by atoms with Crippen molar-refractivity contribution < 1.29 is 19.1 Å². The van der Waals surface area contributed by atoms with Gasteiger partial charge in [0.05, 0.1) is 30.3 Å². The zero-order chi connectivity index (χ0) is 21.7. The van der Waals surface area contributed by atoms with Crippen LogP contribution in [0.1, 0.15) is 26.4 Å². The molecule has 0 unspecified atom stereocenters. The predicted octanol–water partition coefficient (Wildman–Crippen LogP) is 2.99. The third-order valence-corrected chi connectivity index (χ3v) is 4.55. The van der Waals surface area contributed by atoms with E-state index in [9.17, 15) is 14.4 Å². The molecule has 0 aliphatic carbocycles. The molecule has 0 saturated heterocycles. The van der Waals surface area contributed by atoms with E-state index >= 15 is 0 Å². The maximum Gasteiger partial charge on any atom is 0.325 e. The third kappa shape index (κ3) is 4.84. The second-order valence-electron chi connectivity index (χ2n) is 6.33. The van der Waals surface area contributed by atoms with Gasteiger partial charge in [-0.1, -0.05) is 23.7 Å². The van der Waals surface area contributed by atoms with E-state index in [1.54, 1.807) is 48.0 Å². The fraction of sp³-hybridized carbons (Fsp3) is 0.143. The van der Waals surface area contributed by atoms with E-state index in [2.05, 4.69) is 20.5 Å². The molecule has 3 rings (SSSR count). The van der Waals surface area contributed by atoms with Gasteiger partial charge in [-0.05, 0) is 43.3 Å². The number of carbonyl (C=O) groups excluding carboxylic acids is 3. The quantitative estimate of drug-likeness (QED) is 0.590. The maximum atomic E-state index is 12.7. The number of halogens is 1. The molecular weight excluding hydrogens is 408 g/mol. The van der Waals surface area contributed by atoms with Gasteiger partial charge in [-0.15, -0.1) is 0 Å². The zero-order valence-corrected chi connectivity index (χ0v) is 17.1. The number of carbonyl (C=O) groups is 3. The van der Waals surface area contributed by atoms with E-state index in [0.29, 0.717) is 27.5 Å². The van der Waals surface area contributed by atoms with E-state index in [0.717, 1.165) is 5.69 Å². The fourth-order valence-corrected chi connectivity index (χ4v) is 2.95. The number of nitrogens with zero attached hydrogens (tertiary/aromatic N) is 2. The molecule has 0 bridgehead atoms. The SMILES string of the molecule is COC(=O)CNC(=O)c1cccc(NC(=O)c2cnn(-c3cccc(Cl)c3)c2C)c1. The van der Waals surface area contributed by atoms with Gasteiger partial charge in [0.25, 0.3) is 11.8 Å². The highest BCUT2D eigenvalue weighted by Crippen LogP contribution is 2.19. The molecule has 0 radical (unpaired) electrons. The molecular formula is C21H19ClN4O4. The number of ether oxygens (including phenoxy) is 1. The minimum absolute atomic E-state index is 0.242. The molecule has 9 heteroatoms. The van der Waals surface area contributed by atoms with Crippen molar-refractivity contribution in [3.8, 4) is 5.69 Å². The van der Waals surface area contributed by atoms with Gasteiger partial charge < -0.3 is 15.4 Å². The summed E-state index contributed by atoms with van der Waals surface area (Å²) in [5.41, 5.74) is 2.49. The van der Waals surface area contributed by atoms with Gasteiger partial charge >= 0.3 is 5.97 Å². The van der Waals surface area contributed by atoms with E-state index in [-0.39, 0.29) is 12.5 Å². The molecule has 0 saturated carbocycles. The van der Waals surface area contributed by atoms with Crippen LogP contribution in [-0.2, 0) is 9.53 Å². The van der Waals surface area contributed by atoms with E-state index in [4.69, 9.17) is 11.6 Å². The van der Waals surface area contributed by atoms with Crippen molar-refractivity contribution >= 4 is 35.1 Å². The number of anilines is 1. The Morgan fingerprint density at radius 2 is 1.87 bits per heavy atom. The first kappa shape index (κ1) is 21.1. The van der Waals surface area contributed by atoms with Crippen LogP contribution in [-0.4, -0.2) is 41.2 Å². The molecule has 8 nitrogen and oxygen atoms in total. The smallest absolute Gasteiger partial charge is 0.325 e. The fourth-order valence-electron chi connectivity index (χ4n) is 2.76. The van der Waals surface area contributed by atoms with Crippen LogP contribution in [0, 0.1) is 6.92 Å². The molecule has 0 atom stereocenters. The highest BCUT2D eigenvalue weighted by molar-refractivity contribution is 6.30. The summed E-state index contributed by atoms with van der Waals surface area (Å²) in [7, 11) is 1.24. The molecule has 154 valence electrons. The Balaban J connectivity index is 1.74. The predicted molar refractivity (Wildman–Crippen MR) is 112 cm³/mol. The van der Waals surface area contributed by atoms with Crippen molar-refractivity contribution in [3.05, 3.63) is 76.6 Å². The highest BCUT2D eigenvalue weighted by Gasteiger charge is 2.16. The monoisotopic (exact) mass is 426 g/mol. The summed E-state index contributed by atoms with van der Waals surface area (Å²) in [5, 5.41) is 10.0. The number of hydrogen-bond acceptors (Lipinski definition) is 5. The number of nitrogens with one attached hydrogen (secondary N) is 2. The summed E-state index contributed by atoms with van der Waals surface area (Å²) in [4.78, 5) is 36.1.